The van der Waals surface area contributed by atoms with E-state index in [2.05, 4.69) is 6.58 Å². The monoisotopic (exact) mass is 119 g/mol. The summed E-state index contributed by atoms with van der Waals surface area (Å²) in [6, 6.07) is 1.91. The van der Waals surface area contributed by atoms with Gasteiger partial charge in [0, 0.05) is 5.57 Å². The smallest absolute Gasteiger partial charge is 0.0985 e. The molecule has 0 heterocycles. The van der Waals surface area contributed by atoms with Crippen molar-refractivity contribution >= 4 is 0 Å². The average molecular weight is 119 g/mol. The van der Waals surface area contributed by atoms with Crippen LogP contribution in [0.15, 0.2) is 36.5 Å². The van der Waals surface area contributed by atoms with E-state index in [1.807, 2.05) is 25.1 Å². The molecular weight excluding hydrogens is 110 g/mol. The summed E-state index contributed by atoms with van der Waals surface area (Å²) in [5, 5.41) is 8.21. The van der Waals surface area contributed by atoms with Crippen LogP contribution in [0.4, 0.5) is 0 Å². The molecule has 1 heteroatoms. The highest BCUT2D eigenvalue weighted by atomic mass is 14.2. The van der Waals surface area contributed by atoms with Crippen molar-refractivity contribution in [3.05, 3.63) is 36.5 Å². The van der Waals surface area contributed by atoms with Crippen molar-refractivity contribution in [1.82, 2.24) is 0 Å². The lowest BCUT2D eigenvalue weighted by atomic mass is 10.3. The van der Waals surface area contributed by atoms with Crippen LogP contribution in [-0.4, -0.2) is 0 Å². The third-order valence-corrected chi connectivity index (χ3v) is 0.745. The molecule has 0 radical (unpaired) electrons. The largest absolute Gasteiger partial charge is 0.192 e. The van der Waals surface area contributed by atoms with Crippen molar-refractivity contribution in [2.75, 3.05) is 0 Å². The standard InChI is InChI=1S/C8H9N/c1-3-4-5-6-8(2)7-9/h3-6H,2H2,1H3/b4-3-,6-5-. The molecule has 0 aromatic heterocycles. The molecule has 0 aliphatic heterocycles. The van der Waals surface area contributed by atoms with Gasteiger partial charge in [0.25, 0.3) is 0 Å². The molecule has 0 atom stereocenters. The molecule has 0 saturated carbocycles. The minimum Gasteiger partial charge on any atom is -0.192 e. The second-order valence-corrected chi connectivity index (χ2v) is 1.52. The van der Waals surface area contributed by atoms with Gasteiger partial charge < -0.3 is 0 Å². The minimum atomic E-state index is 0.480. The number of nitriles is 1. The second-order valence-electron chi connectivity index (χ2n) is 1.52. The number of hydrogen-bond donors (Lipinski definition) is 0. The van der Waals surface area contributed by atoms with E-state index in [0.717, 1.165) is 0 Å². The maximum Gasteiger partial charge on any atom is 0.0985 e. The molecule has 0 spiro atoms. The van der Waals surface area contributed by atoms with E-state index in [-0.39, 0.29) is 0 Å². The zero-order valence-electron chi connectivity index (χ0n) is 5.46. The van der Waals surface area contributed by atoms with Gasteiger partial charge in [-0.3, -0.25) is 0 Å². The van der Waals surface area contributed by atoms with E-state index >= 15 is 0 Å². The van der Waals surface area contributed by atoms with Crippen LogP contribution in [0.2, 0.25) is 0 Å². The molecular formula is C8H9N. The van der Waals surface area contributed by atoms with Crippen LogP contribution < -0.4 is 0 Å². The highest BCUT2D eigenvalue weighted by Crippen LogP contribution is 1.88. The van der Waals surface area contributed by atoms with Crippen LogP contribution in [0.3, 0.4) is 0 Å². The first-order valence-electron chi connectivity index (χ1n) is 2.69. The van der Waals surface area contributed by atoms with Crippen molar-refractivity contribution in [2.24, 2.45) is 0 Å². The van der Waals surface area contributed by atoms with Crippen molar-refractivity contribution in [1.29, 1.82) is 5.26 Å². The molecule has 0 aromatic rings. The predicted octanol–water partition coefficient (Wildman–Crippen LogP) is 2.20. The molecule has 0 unspecified atom stereocenters. The number of hydrogen-bond acceptors (Lipinski definition) is 1. The lowest BCUT2D eigenvalue weighted by Gasteiger charge is -1.75. The zero-order valence-corrected chi connectivity index (χ0v) is 5.46. The molecule has 46 valence electrons. The van der Waals surface area contributed by atoms with Gasteiger partial charge >= 0.3 is 0 Å². The predicted molar refractivity (Wildman–Crippen MR) is 38.7 cm³/mol. The molecule has 0 bridgehead atoms. The molecule has 0 fully saturated rings. The molecule has 0 amide bonds. The topological polar surface area (TPSA) is 23.8 Å². The van der Waals surface area contributed by atoms with Crippen LogP contribution in [0.5, 0.6) is 0 Å². The maximum atomic E-state index is 8.21. The Morgan fingerprint density at radius 3 is 2.67 bits per heavy atom. The van der Waals surface area contributed by atoms with E-state index in [9.17, 15) is 0 Å². The highest BCUT2D eigenvalue weighted by molar-refractivity contribution is 5.30. The fourth-order valence-corrected chi connectivity index (χ4v) is 0.320. The van der Waals surface area contributed by atoms with Crippen molar-refractivity contribution in [2.45, 2.75) is 6.92 Å². The van der Waals surface area contributed by atoms with Gasteiger partial charge in [-0.2, -0.15) is 5.26 Å². The summed E-state index contributed by atoms with van der Waals surface area (Å²) in [4.78, 5) is 0. The SMILES string of the molecule is C=C(C#N)/C=C\C=C/C. The van der Waals surface area contributed by atoms with Crippen molar-refractivity contribution < 1.29 is 0 Å². The normalized spacial score (nSPS) is 10.2. The van der Waals surface area contributed by atoms with Crippen molar-refractivity contribution in [3.63, 3.8) is 0 Å². The fourth-order valence-electron chi connectivity index (χ4n) is 0.320. The Bertz CT molecular complexity index is 179. The quantitative estimate of drug-likeness (QED) is 0.404. The van der Waals surface area contributed by atoms with Gasteiger partial charge in [0.15, 0.2) is 0 Å². The van der Waals surface area contributed by atoms with Gasteiger partial charge in [-0.05, 0) is 13.0 Å². The summed E-state index contributed by atoms with van der Waals surface area (Å²) in [6.07, 6.45) is 7.19. The number of allylic oxidation sites excluding steroid dienone is 5. The molecule has 1 nitrogen and oxygen atoms in total. The Hall–Kier alpha value is -1.29. The van der Waals surface area contributed by atoms with Gasteiger partial charge in [0.2, 0.25) is 0 Å². The Balaban J connectivity index is 3.75. The first-order chi connectivity index (χ1) is 4.31. The fraction of sp³-hybridized carbons (Fsp3) is 0.125. The van der Waals surface area contributed by atoms with Gasteiger partial charge in [-0.15, -0.1) is 0 Å². The molecule has 0 aliphatic carbocycles. The Kier molecular flexibility index (Phi) is 4.16. The molecule has 0 aliphatic rings. The molecule has 0 N–H and O–H groups in total. The summed E-state index contributed by atoms with van der Waals surface area (Å²) in [5.74, 6) is 0. The van der Waals surface area contributed by atoms with E-state index in [4.69, 9.17) is 5.26 Å². The van der Waals surface area contributed by atoms with E-state index in [0.29, 0.717) is 5.57 Å². The number of nitrogens with zero attached hydrogens (tertiary/aromatic N) is 1. The van der Waals surface area contributed by atoms with Crippen LogP contribution >= 0.6 is 0 Å². The Labute approximate surface area is 55.6 Å². The van der Waals surface area contributed by atoms with Gasteiger partial charge in [0.1, 0.15) is 0 Å². The van der Waals surface area contributed by atoms with Crippen molar-refractivity contribution in [3.8, 4) is 6.07 Å². The molecule has 0 aromatic carbocycles. The molecule has 0 rings (SSSR count). The van der Waals surface area contributed by atoms with Crippen LogP contribution in [0.25, 0.3) is 0 Å². The third-order valence-electron chi connectivity index (χ3n) is 0.745. The van der Waals surface area contributed by atoms with E-state index in [1.54, 1.807) is 12.2 Å². The van der Waals surface area contributed by atoms with Crippen LogP contribution in [0, 0.1) is 11.3 Å². The molecule has 0 saturated heterocycles. The summed E-state index contributed by atoms with van der Waals surface area (Å²) < 4.78 is 0. The Morgan fingerprint density at radius 2 is 2.22 bits per heavy atom. The van der Waals surface area contributed by atoms with E-state index in [1.165, 1.54) is 0 Å². The van der Waals surface area contributed by atoms with Gasteiger partial charge in [-0.25, -0.2) is 0 Å². The summed E-state index contributed by atoms with van der Waals surface area (Å²) in [5.41, 5.74) is 0.480. The minimum absolute atomic E-state index is 0.480. The second kappa shape index (κ2) is 4.86. The first-order valence-corrected chi connectivity index (χ1v) is 2.69. The third kappa shape index (κ3) is 4.57. The molecule has 9 heavy (non-hydrogen) atoms. The van der Waals surface area contributed by atoms with Gasteiger partial charge in [-0.1, -0.05) is 24.8 Å². The lowest BCUT2D eigenvalue weighted by molar-refractivity contribution is 1.50. The summed E-state index contributed by atoms with van der Waals surface area (Å²) >= 11 is 0. The average Bonchev–Trinajstić information content (AvgIpc) is 1.89. The van der Waals surface area contributed by atoms with Crippen LogP contribution in [-0.2, 0) is 0 Å². The summed E-state index contributed by atoms with van der Waals surface area (Å²) in [6.45, 7) is 5.38. The van der Waals surface area contributed by atoms with Gasteiger partial charge in [0.05, 0.1) is 6.07 Å². The number of rotatable bonds is 2. The summed E-state index contributed by atoms with van der Waals surface area (Å²) in [7, 11) is 0. The van der Waals surface area contributed by atoms with E-state index < -0.39 is 0 Å². The zero-order chi connectivity index (χ0) is 7.11. The first kappa shape index (κ1) is 7.71. The highest BCUT2D eigenvalue weighted by Gasteiger charge is 1.75. The maximum absolute atomic E-state index is 8.21. The Morgan fingerprint density at radius 1 is 1.56 bits per heavy atom. The lowest BCUT2D eigenvalue weighted by Crippen LogP contribution is -1.61. The van der Waals surface area contributed by atoms with Crippen LogP contribution in [0.1, 0.15) is 6.92 Å².